The van der Waals surface area contributed by atoms with E-state index in [2.05, 4.69) is 10.4 Å². The molecule has 30 heavy (non-hydrogen) atoms. The number of amides is 1. The van der Waals surface area contributed by atoms with Crippen LogP contribution in [-0.2, 0) is 0 Å². The predicted octanol–water partition coefficient (Wildman–Crippen LogP) is 3.60. The van der Waals surface area contributed by atoms with Crippen molar-refractivity contribution in [2.24, 2.45) is 0 Å². The largest absolute Gasteiger partial charge is 0.496 e. The molecule has 0 saturated heterocycles. The minimum atomic E-state index is -0.942. The number of carbonyl (C=O) groups excluding carboxylic acids is 1. The van der Waals surface area contributed by atoms with Gasteiger partial charge in [0.2, 0.25) is 0 Å². The first-order valence-electron chi connectivity index (χ1n) is 9.45. The van der Waals surface area contributed by atoms with Gasteiger partial charge in [0.15, 0.2) is 0 Å². The molecule has 4 aromatic rings. The molecule has 4 rings (SSSR count). The minimum absolute atomic E-state index is 0.00816. The topological polar surface area (TPSA) is 89.5 Å². The number of hydrogen-bond acceptors (Lipinski definition) is 5. The second-order valence-corrected chi connectivity index (χ2v) is 6.61. The third kappa shape index (κ3) is 3.97. The molecular formula is C23H21N3O4. The number of aliphatic hydroxyl groups is 1. The third-order valence-electron chi connectivity index (χ3n) is 4.67. The van der Waals surface area contributed by atoms with Crippen molar-refractivity contribution in [1.29, 1.82) is 0 Å². The molecule has 0 spiro atoms. The quantitative estimate of drug-likeness (QED) is 0.492. The normalized spacial score (nSPS) is 11.8. The number of furan rings is 1. The molecular weight excluding hydrogens is 382 g/mol. The number of aliphatic hydroxyl groups excluding tert-OH is 1. The SMILES string of the molecule is COc1ccccc1-c1nn(-c2ccccc2)cc1C(=O)NCC(O)c1ccco1. The van der Waals surface area contributed by atoms with Crippen LogP contribution in [0.25, 0.3) is 16.9 Å². The molecule has 2 aromatic carbocycles. The molecule has 7 nitrogen and oxygen atoms in total. The Balaban J connectivity index is 1.68. The van der Waals surface area contributed by atoms with Crippen LogP contribution in [0.5, 0.6) is 5.75 Å². The third-order valence-corrected chi connectivity index (χ3v) is 4.67. The van der Waals surface area contributed by atoms with Crippen LogP contribution in [0.15, 0.2) is 83.6 Å². The summed E-state index contributed by atoms with van der Waals surface area (Å²) in [7, 11) is 1.58. The van der Waals surface area contributed by atoms with Gasteiger partial charge in [-0.05, 0) is 36.4 Å². The lowest BCUT2D eigenvalue weighted by Gasteiger charge is -2.10. The van der Waals surface area contributed by atoms with Gasteiger partial charge < -0.3 is 19.6 Å². The number of aromatic nitrogens is 2. The molecule has 0 saturated carbocycles. The van der Waals surface area contributed by atoms with E-state index in [4.69, 9.17) is 9.15 Å². The number of benzene rings is 2. The number of methoxy groups -OCH3 is 1. The van der Waals surface area contributed by atoms with Gasteiger partial charge in [0.1, 0.15) is 23.3 Å². The fourth-order valence-electron chi connectivity index (χ4n) is 3.16. The van der Waals surface area contributed by atoms with E-state index in [-0.39, 0.29) is 12.5 Å². The van der Waals surface area contributed by atoms with E-state index in [0.29, 0.717) is 28.3 Å². The zero-order chi connectivity index (χ0) is 20.9. The molecule has 0 bridgehead atoms. The van der Waals surface area contributed by atoms with Gasteiger partial charge in [0, 0.05) is 11.8 Å². The summed E-state index contributed by atoms with van der Waals surface area (Å²) in [5.41, 5.74) is 2.38. The first-order chi connectivity index (χ1) is 14.7. The highest BCUT2D eigenvalue weighted by Gasteiger charge is 2.22. The zero-order valence-corrected chi connectivity index (χ0v) is 16.4. The standard InChI is InChI=1S/C23H21N3O4/c1-29-20-11-6-5-10-17(20)22-18(15-26(25-22)16-8-3-2-4-9-16)23(28)24-14-19(27)21-12-7-13-30-21/h2-13,15,19,27H,14H2,1H3,(H,24,28). The van der Waals surface area contributed by atoms with Gasteiger partial charge in [-0.1, -0.05) is 30.3 Å². The summed E-state index contributed by atoms with van der Waals surface area (Å²) in [5.74, 6) is 0.643. The lowest BCUT2D eigenvalue weighted by Crippen LogP contribution is -2.28. The maximum atomic E-state index is 13.0. The molecule has 0 aliphatic rings. The average molecular weight is 403 g/mol. The van der Waals surface area contributed by atoms with Crippen molar-refractivity contribution in [3.8, 4) is 22.7 Å². The Bertz CT molecular complexity index is 1120. The second-order valence-electron chi connectivity index (χ2n) is 6.61. The first-order valence-corrected chi connectivity index (χ1v) is 9.45. The molecule has 0 fully saturated rings. The number of nitrogens with one attached hydrogen (secondary N) is 1. The molecule has 0 radical (unpaired) electrons. The Morgan fingerprint density at radius 2 is 1.90 bits per heavy atom. The molecule has 1 atom stereocenters. The maximum absolute atomic E-state index is 13.0. The summed E-state index contributed by atoms with van der Waals surface area (Å²) < 4.78 is 12.3. The van der Waals surface area contributed by atoms with Crippen LogP contribution in [0.1, 0.15) is 22.2 Å². The van der Waals surface area contributed by atoms with Crippen molar-refractivity contribution in [2.45, 2.75) is 6.10 Å². The lowest BCUT2D eigenvalue weighted by atomic mass is 10.1. The van der Waals surface area contributed by atoms with E-state index in [9.17, 15) is 9.90 Å². The van der Waals surface area contributed by atoms with Crippen molar-refractivity contribution in [2.75, 3.05) is 13.7 Å². The Hall–Kier alpha value is -3.84. The van der Waals surface area contributed by atoms with Gasteiger partial charge in [0.25, 0.3) is 5.91 Å². The molecule has 0 aliphatic carbocycles. The fourth-order valence-corrected chi connectivity index (χ4v) is 3.16. The summed E-state index contributed by atoms with van der Waals surface area (Å²) in [5, 5.41) is 17.6. The Morgan fingerprint density at radius 1 is 1.13 bits per heavy atom. The number of hydrogen-bond donors (Lipinski definition) is 2. The van der Waals surface area contributed by atoms with E-state index in [1.807, 2.05) is 54.6 Å². The predicted molar refractivity (Wildman–Crippen MR) is 112 cm³/mol. The molecule has 7 heteroatoms. The van der Waals surface area contributed by atoms with E-state index in [1.54, 1.807) is 30.1 Å². The van der Waals surface area contributed by atoms with Crippen molar-refractivity contribution < 1.29 is 19.1 Å². The van der Waals surface area contributed by atoms with Crippen molar-refractivity contribution >= 4 is 5.91 Å². The first kappa shape index (κ1) is 19.5. The summed E-state index contributed by atoms with van der Waals surface area (Å²) in [6.45, 7) is 0.00816. The van der Waals surface area contributed by atoms with Crippen molar-refractivity contribution in [1.82, 2.24) is 15.1 Å². The highest BCUT2D eigenvalue weighted by molar-refractivity contribution is 6.00. The number of para-hydroxylation sites is 2. The van der Waals surface area contributed by atoms with E-state index in [0.717, 1.165) is 5.69 Å². The Kier molecular flexibility index (Phi) is 5.63. The van der Waals surface area contributed by atoms with Crippen LogP contribution in [0.2, 0.25) is 0 Å². The van der Waals surface area contributed by atoms with Crippen LogP contribution < -0.4 is 10.1 Å². The highest BCUT2D eigenvalue weighted by Crippen LogP contribution is 2.31. The minimum Gasteiger partial charge on any atom is -0.496 e. The number of carbonyl (C=O) groups is 1. The maximum Gasteiger partial charge on any atom is 0.255 e. The Morgan fingerprint density at radius 3 is 2.63 bits per heavy atom. The smallest absolute Gasteiger partial charge is 0.255 e. The molecule has 1 unspecified atom stereocenters. The molecule has 2 heterocycles. The molecule has 2 aromatic heterocycles. The van der Waals surface area contributed by atoms with Crippen LogP contribution >= 0.6 is 0 Å². The van der Waals surface area contributed by atoms with Gasteiger partial charge in [-0.2, -0.15) is 5.10 Å². The summed E-state index contributed by atoms with van der Waals surface area (Å²) >= 11 is 0. The van der Waals surface area contributed by atoms with Gasteiger partial charge in [-0.25, -0.2) is 4.68 Å². The Labute approximate surface area is 173 Å². The number of rotatable bonds is 7. The van der Waals surface area contributed by atoms with Crippen LogP contribution in [0, 0.1) is 0 Å². The van der Waals surface area contributed by atoms with Gasteiger partial charge in [-0.3, -0.25) is 4.79 Å². The molecule has 0 aliphatic heterocycles. The molecule has 1 amide bonds. The van der Waals surface area contributed by atoms with Gasteiger partial charge in [-0.15, -0.1) is 0 Å². The summed E-state index contributed by atoms with van der Waals surface area (Å²) in [6, 6.07) is 20.3. The van der Waals surface area contributed by atoms with Crippen molar-refractivity contribution in [3.63, 3.8) is 0 Å². The second kappa shape index (κ2) is 8.67. The number of ether oxygens (including phenoxy) is 1. The van der Waals surface area contributed by atoms with Gasteiger partial charge >= 0.3 is 0 Å². The van der Waals surface area contributed by atoms with E-state index >= 15 is 0 Å². The van der Waals surface area contributed by atoms with Crippen LogP contribution in [0.3, 0.4) is 0 Å². The highest BCUT2D eigenvalue weighted by atomic mass is 16.5. The average Bonchev–Trinajstić information content (AvgIpc) is 3.48. The van der Waals surface area contributed by atoms with Gasteiger partial charge in [0.05, 0.1) is 31.2 Å². The zero-order valence-electron chi connectivity index (χ0n) is 16.4. The fraction of sp³-hybridized carbons (Fsp3) is 0.130. The monoisotopic (exact) mass is 403 g/mol. The van der Waals surface area contributed by atoms with Crippen LogP contribution in [-0.4, -0.2) is 34.4 Å². The molecule has 152 valence electrons. The lowest BCUT2D eigenvalue weighted by molar-refractivity contribution is 0.0901. The molecule has 2 N–H and O–H groups in total. The number of nitrogens with zero attached hydrogens (tertiary/aromatic N) is 2. The van der Waals surface area contributed by atoms with Crippen molar-refractivity contribution in [3.05, 3.63) is 90.5 Å². The van der Waals surface area contributed by atoms with E-state index in [1.165, 1.54) is 6.26 Å². The summed E-state index contributed by atoms with van der Waals surface area (Å²) in [6.07, 6.45) is 2.21. The van der Waals surface area contributed by atoms with Crippen LogP contribution in [0.4, 0.5) is 0 Å². The van der Waals surface area contributed by atoms with E-state index < -0.39 is 6.10 Å². The summed E-state index contributed by atoms with van der Waals surface area (Å²) in [4.78, 5) is 13.0.